The Morgan fingerprint density at radius 1 is 1.29 bits per heavy atom. The van der Waals surface area contributed by atoms with Crippen LogP contribution in [0.25, 0.3) is 10.7 Å². The predicted molar refractivity (Wildman–Crippen MR) is 89.9 cm³/mol. The molecule has 0 fully saturated rings. The van der Waals surface area contributed by atoms with Crippen LogP contribution in [0.2, 0.25) is 4.34 Å². The van der Waals surface area contributed by atoms with E-state index in [1.165, 1.54) is 4.88 Å². The Labute approximate surface area is 136 Å². The minimum absolute atomic E-state index is 0.266. The Morgan fingerprint density at radius 3 is 2.90 bits per heavy atom. The van der Waals surface area contributed by atoms with Crippen LogP contribution in [0.4, 0.5) is 0 Å². The number of nitrogens with zero attached hydrogens (tertiary/aromatic N) is 2. The molecule has 0 aliphatic rings. The molecule has 3 aromatic rings. The Morgan fingerprint density at radius 2 is 2.19 bits per heavy atom. The molecule has 0 radical (unpaired) electrons. The van der Waals surface area contributed by atoms with E-state index >= 15 is 0 Å². The number of pyridine rings is 1. The first kappa shape index (κ1) is 14.7. The minimum atomic E-state index is 0.266. The molecule has 0 spiro atoms. The summed E-state index contributed by atoms with van der Waals surface area (Å²) in [6, 6.07) is 10.1. The second-order valence-electron chi connectivity index (χ2n) is 4.60. The molecule has 3 rings (SSSR count). The van der Waals surface area contributed by atoms with Gasteiger partial charge in [0.25, 0.3) is 0 Å². The molecular formula is C15H14ClN3S2. The van der Waals surface area contributed by atoms with E-state index in [1.54, 1.807) is 28.9 Å². The van der Waals surface area contributed by atoms with Crippen molar-refractivity contribution in [3.05, 3.63) is 56.8 Å². The summed E-state index contributed by atoms with van der Waals surface area (Å²) in [6.45, 7) is 2.87. The molecule has 0 saturated carbocycles. The fraction of sp³-hybridized carbons (Fsp3) is 0.200. The second-order valence-corrected chi connectivity index (χ2v) is 7.21. The number of hydrogen-bond acceptors (Lipinski definition) is 5. The Balaban J connectivity index is 1.63. The van der Waals surface area contributed by atoms with Gasteiger partial charge in [-0.3, -0.25) is 4.98 Å². The molecule has 1 N–H and O–H groups in total. The van der Waals surface area contributed by atoms with E-state index in [4.69, 9.17) is 11.6 Å². The van der Waals surface area contributed by atoms with Crippen molar-refractivity contribution in [2.75, 3.05) is 0 Å². The van der Waals surface area contributed by atoms with Crippen molar-refractivity contribution in [3.8, 4) is 10.7 Å². The fourth-order valence-electron chi connectivity index (χ4n) is 1.91. The average Bonchev–Trinajstić information content (AvgIpc) is 3.15. The van der Waals surface area contributed by atoms with Gasteiger partial charge >= 0.3 is 0 Å². The van der Waals surface area contributed by atoms with Crippen molar-refractivity contribution < 1.29 is 0 Å². The van der Waals surface area contributed by atoms with Gasteiger partial charge in [-0.15, -0.1) is 22.7 Å². The van der Waals surface area contributed by atoms with Crippen LogP contribution in [0.1, 0.15) is 23.5 Å². The normalized spacial score (nSPS) is 12.5. The van der Waals surface area contributed by atoms with Gasteiger partial charge in [0.15, 0.2) is 0 Å². The third kappa shape index (κ3) is 3.68. The second kappa shape index (κ2) is 6.66. The summed E-state index contributed by atoms with van der Waals surface area (Å²) in [5, 5.41) is 6.50. The molecule has 0 aliphatic heterocycles. The number of rotatable bonds is 5. The fourth-order valence-corrected chi connectivity index (χ4v) is 3.80. The number of thiophene rings is 1. The zero-order valence-electron chi connectivity index (χ0n) is 11.4. The monoisotopic (exact) mass is 335 g/mol. The third-order valence-corrected chi connectivity index (χ3v) is 5.37. The van der Waals surface area contributed by atoms with Crippen LogP contribution in [0.15, 0.2) is 41.9 Å². The van der Waals surface area contributed by atoms with Crippen molar-refractivity contribution in [3.63, 3.8) is 0 Å². The first-order chi connectivity index (χ1) is 10.2. The van der Waals surface area contributed by atoms with Gasteiger partial charge in [-0.2, -0.15) is 0 Å². The minimum Gasteiger partial charge on any atom is -0.304 e. The molecule has 6 heteroatoms. The maximum absolute atomic E-state index is 5.97. The topological polar surface area (TPSA) is 37.8 Å². The molecule has 0 bridgehead atoms. The summed E-state index contributed by atoms with van der Waals surface area (Å²) in [5.74, 6) is 0. The van der Waals surface area contributed by atoms with Crippen LogP contribution in [-0.2, 0) is 6.54 Å². The molecule has 3 aromatic heterocycles. The first-order valence-electron chi connectivity index (χ1n) is 6.57. The number of aromatic nitrogens is 2. The van der Waals surface area contributed by atoms with Crippen LogP contribution in [0.5, 0.6) is 0 Å². The zero-order chi connectivity index (χ0) is 14.7. The van der Waals surface area contributed by atoms with Crippen LogP contribution in [0, 0.1) is 0 Å². The van der Waals surface area contributed by atoms with Gasteiger partial charge < -0.3 is 5.32 Å². The summed E-state index contributed by atoms with van der Waals surface area (Å²) >= 11 is 9.20. The van der Waals surface area contributed by atoms with E-state index in [0.29, 0.717) is 0 Å². The van der Waals surface area contributed by atoms with Crippen molar-refractivity contribution >= 4 is 34.3 Å². The molecule has 3 nitrogen and oxygen atoms in total. The maximum atomic E-state index is 5.97. The van der Waals surface area contributed by atoms with E-state index in [1.807, 2.05) is 24.3 Å². The molecule has 108 valence electrons. The average molecular weight is 336 g/mol. The van der Waals surface area contributed by atoms with Gasteiger partial charge in [-0.05, 0) is 31.2 Å². The molecule has 1 atom stereocenters. The van der Waals surface area contributed by atoms with Crippen LogP contribution < -0.4 is 5.32 Å². The molecule has 21 heavy (non-hydrogen) atoms. The molecule has 0 aliphatic carbocycles. The standard InChI is InChI=1S/C15H14ClN3S2/c1-10(13-5-6-14(16)21-13)18-8-11-9-20-15(19-11)12-4-2-3-7-17-12/h2-7,9-10,18H,8H2,1H3. The number of nitrogens with one attached hydrogen (secondary N) is 1. The van der Waals surface area contributed by atoms with Gasteiger partial charge in [0.05, 0.1) is 15.7 Å². The third-order valence-electron chi connectivity index (χ3n) is 3.05. The highest BCUT2D eigenvalue weighted by Crippen LogP contribution is 2.27. The number of halogens is 1. The van der Waals surface area contributed by atoms with Crippen LogP contribution in [0.3, 0.4) is 0 Å². The van der Waals surface area contributed by atoms with Gasteiger partial charge in [-0.1, -0.05) is 17.7 Å². The summed E-state index contributed by atoms with van der Waals surface area (Å²) in [6.07, 6.45) is 1.79. The highest BCUT2D eigenvalue weighted by atomic mass is 35.5. The van der Waals surface area contributed by atoms with Gasteiger partial charge in [0.1, 0.15) is 5.01 Å². The van der Waals surface area contributed by atoms with Crippen LogP contribution >= 0.6 is 34.3 Å². The Bertz CT molecular complexity index is 709. The number of thiazole rings is 1. The Kier molecular flexibility index (Phi) is 4.65. The van der Waals surface area contributed by atoms with Crippen molar-refractivity contribution in [1.82, 2.24) is 15.3 Å². The summed E-state index contributed by atoms with van der Waals surface area (Å²) in [4.78, 5) is 10.2. The Hall–Kier alpha value is -1.27. The first-order valence-corrected chi connectivity index (χ1v) is 8.64. The molecule has 1 unspecified atom stereocenters. The van der Waals surface area contributed by atoms with E-state index in [2.05, 4.69) is 33.7 Å². The summed E-state index contributed by atoms with van der Waals surface area (Å²) in [7, 11) is 0. The lowest BCUT2D eigenvalue weighted by atomic mass is 10.2. The SMILES string of the molecule is CC(NCc1csc(-c2ccccn2)n1)c1ccc(Cl)s1. The van der Waals surface area contributed by atoms with E-state index in [-0.39, 0.29) is 6.04 Å². The molecule has 0 aromatic carbocycles. The molecule has 0 saturated heterocycles. The van der Waals surface area contributed by atoms with E-state index in [0.717, 1.165) is 27.3 Å². The molecule has 3 heterocycles. The smallest absolute Gasteiger partial charge is 0.142 e. The zero-order valence-corrected chi connectivity index (χ0v) is 13.8. The highest BCUT2D eigenvalue weighted by molar-refractivity contribution is 7.16. The summed E-state index contributed by atoms with van der Waals surface area (Å²) < 4.78 is 0.824. The van der Waals surface area contributed by atoms with Gasteiger partial charge in [0.2, 0.25) is 0 Å². The van der Waals surface area contributed by atoms with E-state index in [9.17, 15) is 0 Å². The predicted octanol–water partition coefficient (Wildman–Crippen LogP) is 4.77. The lowest BCUT2D eigenvalue weighted by Gasteiger charge is -2.10. The maximum Gasteiger partial charge on any atom is 0.142 e. The number of hydrogen-bond donors (Lipinski definition) is 1. The van der Waals surface area contributed by atoms with Gasteiger partial charge in [0, 0.05) is 29.0 Å². The molecular weight excluding hydrogens is 322 g/mol. The van der Waals surface area contributed by atoms with Crippen molar-refractivity contribution in [2.45, 2.75) is 19.5 Å². The quantitative estimate of drug-likeness (QED) is 0.729. The van der Waals surface area contributed by atoms with Crippen molar-refractivity contribution in [2.24, 2.45) is 0 Å². The lowest BCUT2D eigenvalue weighted by molar-refractivity contribution is 0.577. The van der Waals surface area contributed by atoms with Crippen molar-refractivity contribution in [1.29, 1.82) is 0 Å². The van der Waals surface area contributed by atoms with E-state index < -0.39 is 0 Å². The largest absolute Gasteiger partial charge is 0.304 e. The van der Waals surface area contributed by atoms with Gasteiger partial charge in [-0.25, -0.2) is 4.98 Å². The van der Waals surface area contributed by atoms with Crippen LogP contribution in [-0.4, -0.2) is 9.97 Å². The summed E-state index contributed by atoms with van der Waals surface area (Å²) in [5.41, 5.74) is 1.96. The highest BCUT2D eigenvalue weighted by Gasteiger charge is 2.10. The lowest BCUT2D eigenvalue weighted by Crippen LogP contribution is -2.17. The molecule has 0 amide bonds.